The molecule has 0 unspecified atom stereocenters. The molecule has 0 atom stereocenters. The zero-order chi connectivity index (χ0) is 21.9. The maximum atomic E-state index is 12.6. The molecular weight excluding hydrogens is 424 g/mol. The second-order valence-corrected chi connectivity index (χ2v) is 9.29. The van der Waals surface area contributed by atoms with Crippen molar-refractivity contribution in [2.75, 3.05) is 12.4 Å². The van der Waals surface area contributed by atoms with Crippen LogP contribution in [-0.4, -0.2) is 35.6 Å². The number of benzene rings is 2. The third-order valence-corrected chi connectivity index (χ3v) is 6.78. The van der Waals surface area contributed by atoms with E-state index in [0.717, 1.165) is 21.1 Å². The van der Waals surface area contributed by atoms with E-state index < -0.39 is 10.0 Å². The van der Waals surface area contributed by atoms with Gasteiger partial charge in [0.15, 0.2) is 0 Å². The highest BCUT2D eigenvalue weighted by Gasteiger charge is 2.22. The van der Waals surface area contributed by atoms with Gasteiger partial charge in [-0.15, -0.1) is 0 Å². The number of rotatable bonds is 6. The Morgan fingerprint density at radius 1 is 1.07 bits per heavy atom. The summed E-state index contributed by atoms with van der Waals surface area (Å²) in [6, 6.07) is 11.6. The van der Waals surface area contributed by atoms with E-state index in [0.29, 0.717) is 5.02 Å². The predicted molar refractivity (Wildman–Crippen MR) is 116 cm³/mol. The van der Waals surface area contributed by atoms with Crippen molar-refractivity contribution in [2.24, 2.45) is 0 Å². The van der Waals surface area contributed by atoms with Crippen molar-refractivity contribution < 1.29 is 13.2 Å². The van der Waals surface area contributed by atoms with Crippen LogP contribution in [0.1, 0.15) is 27.3 Å². The highest BCUT2D eigenvalue weighted by molar-refractivity contribution is 7.89. The molecule has 0 aliphatic carbocycles. The lowest BCUT2D eigenvalue weighted by Crippen LogP contribution is -2.27. The van der Waals surface area contributed by atoms with Crippen LogP contribution < -0.4 is 5.32 Å². The lowest BCUT2D eigenvalue weighted by Gasteiger charge is -2.16. The summed E-state index contributed by atoms with van der Waals surface area (Å²) in [5.74, 6) is -0.0595. The van der Waals surface area contributed by atoms with Crippen molar-refractivity contribution in [3.63, 3.8) is 0 Å². The molecule has 1 N–H and O–H groups in total. The Kier molecular flexibility index (Phi) is 6.50. The Hall–Kier alpha value is -2.81. The minimum atomic E-state index is -3.71. The lowest BCUT2D eigenvalue weighted by molar-refractivity contribution is 0.102. The number of nitrogens with one attached hydrogen (secondary N) is 1. The second-order valence-electron chi connectivity index (χ2n) is 6.80. The summed E-state index contributed by atoms with van der Waals surface area (Å²) >= 11 is 5.82. The van der Waals surface area contributed by atoms with Crippen LogP contribution in [0.2, 0.25) is 5.02 Å². The Labute approximate surface area is 180 Å². The molecule has 0 radical (unpaired) electrons. The molecule has 0 saturated carbocycles. The number of carbonyl (C=O) groups is 1. The number of carbonyl (C=O) groups excluding carboxylic acids is 1. The van der Waals surface area contributed by atoms with Gasteiger partial charge in [-0.3, -0.25) is 4.79 Å². The topological polar surface area (TPSA) is 92.3 Å². The highest BCUT2D eigenvalue weighted by atomic mass is 35.5. The molecule has 156 valence electrons. The summed E-state index contributed by atoms with van der Waals surface area (Å²) in [6.45, 7) is 3.86. The molecule has 0 aliphatic rings. The fourth-order valence-electron chi connectivity index (χ4n) is 2.71. The van der Waals surface area contributed by atoms with Crippen molar-refractivity contribution >= 4 is 33.2 Å². The second kappa shape index (κ2) is 8.91. The maximum Gasteiger partial charge on any atom is 0.258 e. The van der Waals surface area contributed by atoms with Crippen LogP contribution in [0.25, 0.3) is 0 Å². The third kappa shape index (κ3) is 4.84. The minimum absolute atomic E-state index is 0.0379. The summed E-state index contributed by atoms with van der Waals surface area (Å²) in [4.78, 5) is 20.9. The Morgan fingerprint density at radius 3 is 2.33 bits per heavy atom. The van der Waals surface area contributed by atoms with Crippen molar-refractivity contribution in [2.45, 2.75) is 25.3 Å². The van der Waals surface area contributed by atoms with Crippen LogP contribution in [0.4, 0.5) is 5.69 Å². The van der Waals surface area contributed by atoms with Gasteiger partial charge in [0.2, 0.25) is 10.0 Å². The first-order valence-electron chi connectivity index (χ1n) is 9.09. The number of aryl methyl sites for hydroxylation is 1. The van der Waals surface area contributed by atoms with Gasteiger partial charge in [-0.05, 0) is 55.3 Å². The predicted octanol–water partition coefficient (Wildman–Crippen LogP) is 3.82. The van der Waals surface area contributed by atoms with Gasteiger partial charge in [0.25, 0.3) is 5.91 Å². The van der Waals surface area contributed by atoms with E-state index >= 15 is 0 Å². The SMILES string of the molecule is Cc1cccc(NC(=O)c2cnc(CN(C)S(=O)(=O)c3ccc(Cl)cc3)nc2)c1C. The maximum absolute atomic E-state index is 12.6. The van der Waals surface area contributed by atoms with E-state index in [1.807, 2.05) is 32.0 Å². The van der Waals surface area contributed by atoms with Crippen molar-refractivity contribution in [3.05, 3.63) is 82.4 Å². The number of hydrogen-bond acceptors (Lipinski definition) is 5. The molecule has 1 amide bonds. The van der Waals surface area contributed by atoms with Crippen LogP contribution in [0.15, 0.2) is 59.8 Å². The lowest BCUT2D eigenvalue weighted by atomic mass is 10.1. The number of amides is 1. The molecule has 3 aromatic rings. The average molecular weight is 445 g/mol. The van der Waals surface area contributed by atoms with Crippen LogP contribution in [0.3, 0.4) is 0 Å². The molecule has 0 bridgehead atoms. The quantitative estimate of drug-likeness (QED) is 0.623. The van der Waals surface area contributed by atoms with Gasteiger partial charge >= 0.3 is 0 Å². The molecule has 30 heavy (non-hydrogen) atoms. The van der Waals surface area contributed by atoms with Crippen LogP contribution in [0.5, 0.6) is 0 Å². The molecule has 2 aromatic carbocycles. The third-order valence-electron chi connectivity index (χ3n) is 4.71. The average Bonchev–Trinajstić information content (AvgIpc) is 2.72. The summed E-state index contributed by atoms with van der Waals surface area (Å²) in [7, 11) is -2.28. The van der Waals surface area contributed by atoms with E-state index in [1.165, 1.54) is 43.7 Å². The fourth-order valence-corrected chi connectivity index (χ4v) is 3.96. The molecule has 0 saturated heterocycles. The first kappa shape index (κ1) is 21.9. The van der Waals surface area contributed by atoms with E-state index in [4.69, 9.17) is 11.6 Å². The van der Waals surface area contributed by atoms with Gasteiger partial charge in [-0.2, -0.15) is 4.31 Å². The van der Waals surface area contributed by atoms with Gasteiger partial charge in [-0.25, -0.2) is 18.4 Å². The molecule has 7 nitrogen and oxygen atoms in total. The number of halogens is 1. The number of anilines is 1. The van der Waals surface area contributed by atoms with Gasteiger partial charge in [-0.1, -0.05) is 23.7 Å². The van der Waals surface area contributed by atoms with E-state index in [2.05, 4.69) is 15.3 Å². The van der Waals surface area contributed by atoms with Crippen LogP contribution in [-0.2, 0) is 16.6 Å². The number of hydrogen-bond donors (Lipinski definition) is 1. The molecule has 1 heterocycles. The van der Waals surface area contributed by atoms with Crippen molar-refractivity contribution in [1.82, 2.24) is 14.3 Å². The number of aromatic nitrogens is 2. The first-order valence-corrected chi connectivity index (χ1v) is 10.9. The normalized spacial score (nSPS) is 11.5. The van der Waals surface area contributed by atoms with Crippen LogP contribution in [0, 0.1) is 13.8 Å². The summed E-state index contributed by atoms with van der Waals surface area (Å²) < 4.78 is 26.4. The Bertz CT molecular complexity index is 1160. The molecule has 3 rings (SSSR count). The fraction of sp³-hybridized carbons (Fsp3) is 0.190. The van der Waals surface area contributed by atoms with E-state index in [9.17, 15) is 13.2 Å². The Balaban J connectivity index is 1.70. The number of sulfonamides is 1. The van der Waals surface area contributed by atoms with Crippen molar-refractivity contribution in [1.29, 1.82) is 0 Å². The van der Waals surface area contributed by atoms with Gasteiger partial charge in [0, 0.05) is 30.2 Å². The van der Waals surface area contributed by atoms with Crippen LogP contribution >= 0.6 is 11.6 Å². The van der Waals surface area contributed by atoms with E-state index in [-0.39, 0.29) is 28.7 Å². The van der Waals surface area contributed by atoms with Gasteiger partial charge < -0.3 is 5.32 Å². The van der Waals surface area contributed by atoms with Gasteiger partial charge in [0.1, 0.15) is 5.82 Å². The van der Waals surface area contributed by atoms with Gasteiger partial charge in [0.05, 0.1) is 17.0 Å². The zero-order valence-corrected chi connectivity index (χ0v) is 18.3. The minimum Gasteiger partial charge on any atom is -0.322 e. The summed E-state index contributed by atoms with van der Waals surface area (Å²) in [6.07, 6.45) is 2.76. The molecule has 0 spiro atoms. The standard InChI is InChI=1S/C21H21ClN4O3S/c1-14-5-4-6-19(15(14)2)25-21(27)16-11-23-20(24-12-16)13-26(3)30(28,29)18-9-7-17(22)8-10-18/h4-12H,13H2,1-3H3,(H,25,27). The molecule has 1 aromatic heterocycles. The highest BCUT2D eigenvalue weighted by Crippen LogP contribution is 2.20. The molecular formula is C21H21ClN4O3S. The molecule has 0 fully saturated rings. The molecule has 9 heteroatoms. The van der Waals surface area contributed by atoms with Crippen molar-refractivity contribution in [3.8, 4) is 0 Å². The molecule has 0 aliphatic heterocycles. The monoisotopic (exact) mass is 444 g/mol. The Morgan fingerprint density at radius 2 is 1.70 bits per heavy atom. The summed E-state index contributed by atoms with van der Waals surface area (Å²) in [5.41, 5.74) is 3.06. The largest absolute Gasteiger partial charge is 0.322 e. The first-order chi connectivity index (χ1) is 14.2. The smallest absolute Gasteiger partial charge is 0.258 e. The number of nitrogens with zero attached hydrogens (tertiary/aromatic N) is 3. The summed E-state index contributed by atoms with van der Waals surface area (Å²) in [5, 5.41) is 3.30. The van der Waals surface area contributed by atoms with E-state index in [1.54, 1.807) is 0 Å². The zero-order valence-electron chi connectivity index (χ0n) is 16.8.